The average molecular weight is 249 g/mol. The first-order valence-electron chi connectivity index (χ1n) is 5.39. The van der Waals surface area contributed by atoms with E-state index < -0.39 is 0 Å². The molecule has 0 saturated heterocycles. The van der Waals surface area contributed by atoms with Crippen molar-refractivity contribution in [3.05, 3.63) is 23.2 Å². The third kappa shape index (κ3) is 2.39. The molecule has 0 radical (unpaired) electrons. The minimum Gasteiger partial charge on any atom is -0.497 e. The third-order valence-corrected chi connectivity index (χ3v) is 3.68. The lowest BCUT2D eigenvalue weighted by molar-refractivity contribution is 0.415. The number of benzene rings is 1. The van der Waals surface area contributed by atoms with Crippen molar-refractivity contribution in [2.24, 2.45) is 0 Å². The van der Waals surface area contributed by atoms with Gasteiger partial charge in [0.2, 0.25) is 0 Å². The van der Waals surface area contributed by atoms with Gasteiger partial charge in [0.15, 0.2) is 0 Å². The molecule has 1 aromatic carbocycles. The summed E-state index contributed by atoms with van der Waals surface area (Å²) in [6.45, 7) is 4.20. The summed E-state index contributed by atoms with van der Waals surface area (Å²) in [6, 6.07) is 5.59. The van der Waals surface area contributed by atoms with Gasteiger partial charge in [-0.15, -0.1) is 10.2 Å². The molecule has 2 N–H and O–H groups in total. The van der Waals surface area contributed by atoms with Crippen LogP contribution in [0.3, 0.4) is 0 Å². The summed E-state index contributed by atoms with van der Waals surface area (Å²) in [5.41, 5.74) is 7.55. The van der Waals surface area contributed by atoms with Gasteiger partial charge in [-0.25, -0.2) is 0 Å². The van der Waals surface area contributed by atoms with Gasteiger partial charge in [-0.1, -0.05) is 25.2 Å². The molecule has 2 rings (SSSR count). The molecule has 90 valence electrons. The number of methoxy groups -OCH3 is 1. The second-order valence-corrected chi connectivity index (χ2v) is 5.06. The second kappa shape index (κ2) is 4.71. The van der Waals surface area contributed by atoms with E-state index in [0.29, 0.717) is 11.6 Å². The monoisotopic (exact) mass is 249 g/mol. The molecule has 0 atom stereocenters. The fourth-order valence-electron chi connectivity index (χ4n) is 1.44. The zero-order valence-corrected chi connectivity index (χ0v) is 10.9. The Morgan fingerprint density at radius 1 is 1.29 bits per heavy atom. The smallest absolute Gasteiger partial charge is 0.149 e. The highest BCUT2D eigenvalue weighted by Gasteiger charge is 2.12. The van der Waals surface area contributed by atoms with E-state index in [1.54, 1.807) is 24.5 Å². The number of aromatic nitrogens is 2. The van der Waals surface area contributed by atoms with E-state index in [2.05, 4.69) is 24.0 Å². The lowest BCUT2D eigenvalue weighted by atomic mass is 10.2. The first-order valence-corrected chi connectivity index (χ1v) is 6.20. The molecule has 0 fully saturated rings. The summed E-state index contributed by atoms with van der Waals surface area (Å²) in [5.74, 6) is 1.14. The summed E-state index contributed by atoms with van der Waals surface area (Å²) in [4.78, 5) is 0. The Hall–Kier alpha value is -1.62. The fourth-order valence-corrected chi connectivity index (χ4v) is 2.33. The molecule has 1 heterocycles. The van der Waals surface area contributed by atoms with Crippen molar-refractivity contribution in [1.82, 2.24) is 10.2 Å². The first kappa shape index (κ1) is 11.9. The SMILES string of the molecule is COc1ccc(-c2nnc(C(C)C)s2)c(N)c1. The lowest BCUT2D eigenvalue weighted by Gasteiger charge is -2.04. The van der Waals surface area contributed by atoms with Crippen LogP contribution in [0.15, 0.2) is 18.2 Å². The highest BCUT2D eigenvalue weighted by molar-refractivity contribution is 7.14. The van der Waals surface area contributed by atoms with Crippen molar-refractivity contribution in [3.8, 4) is 16.3 Å². The second-order valence-electron chi connectivity index (χ2n) is 4.05. The zero-order chi connectivity index (χ0) is 12.4. The predicted molar refractivity (Wildman–Crippen MR) is 70.4 cm³/mol. The molecular formula is C12H15N3OS. The minimum atomic E-state index is 0.390. The van der Waals surface area contributed by atoms with E-state index in [9.17, 15) is 0 Å². The van der Waals surface area contributed by atoms with Crippen LogP contribution >= 0.6 is 11.3 Å². The number of rotatable bonds is 3. The molecule has 0 amide bonds. The molecule has 0 saturated carbocycles. The molecule has 0 unspecified atom stereocenters. The molecule has 2 aromatic rings. The number of nitrogens with zero attached hydrogens (tertiary/aromatic N) is 2. The van der Waals surface area contributed by atoms with Crippen LogP contribution in [-0.4, -0.2) is 17.3 Å². The Bertz CT molecular complexity index is 522. The quantitative estimate of drug-likeness (QED) is 0.850. The van der Waals surface area contributed by atoms with Crippen LogP contribution in [-0.2, 0) is 0 Å². The predicted octanol–water partition coefficient (Wildman–Crippen LogP) is 2.92. The van der Waals surface area contributed by atoms with E-state index in [1.807, 2.05) is 12.1 Å². The molecule has 4 nitrogen and oxygen atoms in total. The van der Waals surface area contributed by atoms with E-state index in [0.717, 1.165) is 21.3 Å². The topological polar surface area (TPSA) is 61.0 Å². The largest absolute Gasteiger partial charge is 0.497 e. The van der Waals surface area contributed by atoms with Crippen LogP contribution in [0.4, 0.5) is 5.69 Å². The van der Waals surface area contributed by atoms with Crippen molar-refractivity contribution in [2.75, 3.05) is 12.8 Å². The Labute approximate surface area is 104 Å². The van der Waals surface area contributed by atoms with Crippen molar-refractivity contribution in [3.63, 3.8) is 0 Å². The number of nitrogens with two attached hydrogens (primary N) is 1. The Balaban J connectivity index is 2.38. The van der Waals surface area contributed by atoms with Crippen molar-refractivity contribution in [1.29, 1.82) is 0 Å². The molecule has 0 aliphatic carbocycles. The van der Waals surface area contributed by atoms with E-state index in [4.69, 9.17) is 10.5 Å². The lowest BCUT2D eigenvalue weighted by Crippen LogP contribution is -1.91. The van der Waals surface area contributed by atoms with Gasteiger partial charge >= 0.3 is 0 Å². The molecule has 0 aliphatic rings. The summed E-state index contributed by atoms with van der Waals surface area (Å²) in [6.07, 6.45) is 0. The minimum absolute atomic E-state index is 0.390. The van der Waals surface area contributed by atoms with Crippen molar-refractivity contribution < 1.29 is 4.74 Å². The van der Waals surface area contributed by atoms with E-state index in [1.165, 1.54) is 0 Å². The van der Waals surface area contributed by atoms with Gasteiger partial charge in [0.25, 0.3) is 0 Å². The van der Waals surface area contributed by atoms with Gasteiger partial charge < -0.3 is 10.5 Å². The number of anilines is 1. The van der Waals surface area contributed by atoms with Gasteiger partial charge in [-0.3, -0.25) is 0 Å². The molecule has 1 aromatic heterocycles. The first-order chi connectivity index (χ1) is 8.11. The summed E-state index contributed by atoms with van der Waals surface area (Å²) in [7, 11) is 1.62. The molecular weight excluding hydrogens is 234 g/mol. The Morgan fingerprint density at radius 2 is 2.06 bits per heavy atom. The van der Waals surface area contributed by atoms with Gasteiger partial charge in [0.1, 0.15) is 15.8 Å². The maximum Gasteiger partial charge on any atom is 0.149 e. The van der Waals surface area contributed by atoms with Gasteiger partial charge in [-0.2, -0.15) is 0 Å². The zero-order valence-electron chi connectivity index (χ0n) is 10.1. The van der Waals surface area contributed by atoms with Gasteiger partial charge in [0, 0.05) is 23.2 Å². The highest BCUT2D eigenvalue weighted by atomic mass is 32.1. The Morgan fingerprint density at radius 3 is 2.59 bits per heavy atom. The number of hydrogen-bond donors (Lipinski definition) is 1. The van der Waals surface area contributed by atoms with Crippen LogP contribution < -0.4 is 10.5 Å². The van der Waals surface area contributed by atoms with Crippen LogP contribution in [0, 0.1) is 0 Å². The number of nitrogen functional groups attached to an aromatic ring is 1. The van der Waals surface area contributed by atoms with Crippen LogP contribution in [0.25, 0.3) is 10.6 Å². The van der Waals surface area contributed by atoms with Crippen molar-refractivity contribution in [2.45, 2.75) is 19.8 Å². The fraction of sp³-hybridized carbons (Fsp3) is 0.333. The van der Waals surface area contributed by atoms with Crippen LogP contribution in [0.1, 0.15) is 24.8 Å². The normalized spacial score (nSPS) is 10.8. The van der Waals surface area contributed by atoms with Crippen molar-refractivity contribution >= 4 is 17.0 Å². The number of hydrogen-bond acceptors (Lipinski definition) is 5. The molecule has 5 heteroatoms. The van der Waals surface area contributed by atoms with Crippen LogP contribution in [0.2, 0.25) is 0 Å². The van der Waals surface area contributed by atoms with E-state index >= 15 is 0 Å². The summed E-state index contributed by atoms with van der Waals surface area (Å²) < 4.78 is 5.12. The van der Waals surface area contributed by atoms with E-state index in [-0.39, 0.29) is 0 Å². The number of ether oxygens (including phenoxy) is 1. The van der Waals surface area contributed by atoms with Crippen LogP contribution in [0.5, 0.6) is 5.75 Å². The third-order valence-electron chi connectivity index (χ3n) is 2.42. The summed E-state index contributed by atoms with van der Waals surface area (Å²) >= 11 is 1.58. The average Bonchev–Trinajstić information content (AvgIpc) is 2.78. The highest BCUT2D eigenvalue weighted by Crippen LogP contribution is 2.32. The van der Waals surface area contributed by atoms with Gasteiger partial charge in [-0.05, 0) is 12.1 Å². The molecule has 0 bridgehead atoms. The molecule has 0 spiro atoms. The summed E-state index contributed by atoms with van der Waals surface area (Å²) in [5, 5.41) is 10.2. The molecule has 0 aliphatic heterocycles. The maximum absolute atomic E-state index is 5.97. The standard InChI is InChI=1S/C12H15N3OS/c1-7(2)11-14-15-12(17-11)9-5-4-8(16-3)6-10(9)13/h4-7H,13H2,1-3H3. The molecule has 17 heavy (non-hydrogen) atoms. The Kier molecular flexibility index (Phi) is 3.28. The van der Waals surface area contributed by atoms with Gasteiger partial charge in [0.05, 0.1) is 7.11 Å². The maximum atomic E-state index is 5.97.